The molecular formula is C12H12N2O2. The molecule has 0 aliphatic carbocycles. The van der Waals surface area contributed by atoms with Crippen LogP contribution in [0.25, 0.3) is 11.3 Å². The highest BCUT2D eigenvalue weighted by Gasteiger charge is 2.13. The van der Waals surface area contributed by atoms with Crippen molar-refractivity contribution in [1.82, 2.24) is 10.2 Å². The van der Waals surface area contributed by atoms with Crippen LogP contribution in [0.1, 0.15) is 17.3 Å². The number of carbonyl (C=O) groups excluding carboxylic acids is 1. The molecule has 1 aromatic carbocycles. The van der Waals surface area contributed by atoms with Gasteiger partial charge in [0.25, 0.3) is 0 Å². The van der Waals surface area contributed by atoms with Gasteiger partial charge in [-0.1, -0.05) is 18.2 Å². The van der Waals surface area contributed by atoms with Crippen LogP contribution in [0.15, 0.2) is 36.5 Å². The van der Waals surface area contributed by atoms with Gasteiger partial charge in [-0.25, -0.2) is 4.79 Å². The van der Waals surface area contributed by atoms with E-state index in [4.69, 9.17) is 4.74 Å². The predicted octanol–water partition coefficient (Wildman–Crippen LogP) is 2.25. The van der Waals surface area contributed by atoms with E-state index in [1.807, 2.05) is 24.3 Å². The van der Waals surface area contributed by atoms with E-state index in [0.717, 1.165) is 11.3 Å². The molecule has 0 spiro atoms. The molecule has 1 N–H and O–H groups in total. The number of benzene rings is 1. The smallest absolute Gasteiger partial charge is 0.338 e. The van der Waals surface area contributed by atoms with Gasteiger partial charge in [0.15, 0.2) is 0 Å². The lowest BCUT2D eigenvalue weighted by molar-refractivity contribution is 0.0527. The Morgan fingerprint density at radius 1 is 1.38 bits per heavy atom. The van der Waals surface area contributed by atoms with E-state index in [1.165, 1.54) is 0 Å². The number of nitrogens with zero attached hydrogens (tertiary/aromatic N) is 1. The highest BCUT2D eigenvalue weighted by atomic mass is 16.5. The number of aromatic nitrogens is 2. The van der Waals surface area contributed by atoms with Crippen molar-refractivity contribution < 1.29 is 9.53 Å². The number of nitrogens with one attached hydrogen (secondary N) is 1. The van der Waals surface area contributed by atoms with Gasteiger partial charge in [0.2, 0.25) is 0 Å². The van der Waals surface area contributed by atoms with Crippen molar-refractivity contribution >= 4 is 5.97 Å². The standard InChI is InChI=1S/C12H12N2O2/c1-2-16-12(15)10-6-4-3-5-9(10)11-7-8-13-14-11/h3-8H,2H2,1H3,(H,13,14). The number of esters is 1. The zero-order chi connectivity index (χ0) is 11.4. The van der Waals surface area contributed by atoms with Crippen LogP contribution < -0.4 is 0 Å². The van der Waals surface area contributed by atoms with E-state index in [-0.39, 0.29) is 5.97 Å². The second kappa shape index (κ2) is 4.61. The summed E-state index contributed by atoms with van der Waals surface area (Å²) in [4.78, 5) is 11.7. The Kier molecular flexibility index (Phi) is 3.00. The van der Waals surface area contributed by atoms with E-state index >= 15 is 0 Å². The van der Waals surface area contributed by atoms with E-state index in [1.54, 1.807) is 19.2 Å². The summed E-state index contributed by atoms with van der Waals surface area (Å²) < 4.78 is 4.99. The molecule has 16 heavy (non-hydrogen) atoms. The molecule has 0 saturated heterocycles. The zero-order valence-corrected chi connectivity index (χ0v) is 8.93. The van der Waals surface area contributed by atoms with Crippen LogP contribution >= 0.6 is 0 Å². The van der Waals surface area contributed by atoms with Gasteiger partial charge in [-0.2, -0.15) is 5.10 Å². The fourth-order valence-electron chi connectivity index (χ4n) is 1.50. The number of ether oxygens (including phenoxy) is 1. The minimum absolute atomic E-state index is 0.318. The summed E-state index contributed by atoms with van der Waals surface area (Å²) in [5.74, 6) is -0.318. The number of hydrogen-bond donors (Lipinski definition) is 1. The predicted molar refractivity (Wildman–Crippen MR) is 60.0 cm³/mol. The maximum absolute atomic E-state index is 11.7. The number of H-pyrrole nitrogens is 1. The molecule has 0 unspecified atom stereocenters. The monoisotopic (exact) mass is 216 g/mol. The third kappa shape index (κ3) is 1.95. The van der Waals surface area contributed by atoms with Gasteiger partial charge >= 0.3 is 5.97 Å². The average Bonchev–Trinajstić information content (AvgIpc) is 2.83. The first kappa shape index (κ1) is 10.4. The summed E-state index contributed by atoms with van der Waals surface area (Å²) >= 11 is 0. The van der Waals surface area contributed by atoms with Gasteiger partial charge < -0.3 is 4.74 Å². The van der Waals surface area contributed by atoms with E-state index < -0.39 is 0 Å². The molecule has 0 radical (unpaired) electrons. The van der Waals surface area contributed by atoms with E-state index in [0.29, 0.717) is 12.2 Å². The van der Waals surface area contributed by atoms with Crippen LogP contribution in [0, 0.1) is 0 Å². The largest absolute Gasteiger partial charge is 0.462 e. The SMILES string of the molecule is CCOC(=O)c1ccccc1-c1cc[nH]n1. The first-order chi connectivity index (χ1) is 7.83. The molecule has 0 fully saturated rings. The van der Waals surface area contributed by atoms with Crippen LogP contribution in [0.3, 0.4) is 0 Å². The van der Waals surface area contributed by atoms with Crippen molar-refractivity contribution in [2.24, 2.45) is 0 Å². The number of rotatable bonds is 3. The van der Waals surface area contributed by atoms with Crippen molar-refractivity contribution in [3.63, 3.8) is 0 Å². The number of carbonyl (C=O) groups is 1. The Morgan fingerprint density at radius 3 is 2.88 bits per heavy atom. The van der Waals surface area contributed by atoms with Gasteiger partial charge in [-0.3, -0.25) is 5.10 Å². The Hall–Kier alpha value is -2.10. The summed E-state index contributed by atoms with van der Waals surface area (Å²) in [5, 5.41) is 6.78. The Labute approximate surface area is 93.3 Å². The third-order valence-corrected chi connectivity index (χ3v) is 2.20. The van der Waals surface area contributed by atoms with E-state index in [2.05, 4.69) is 10.2 Å². The van der Waals surface area contributed by atoms with Crippen LogP contribution in [0.5, 0.6) is 0 Å². The van der Waals surface area contributed by atoms with E-state index in [9.17, 15) is 4.79 Å². The molecular weight excluding hydrogens is 204 g/mol. The quantitative estimate of drug-likeness (QED) is 0.800. The molecule has 0 atom stereocenters. The van der Waals surface area contributed by atoms with Crippen molar-refractivity contribution in [2.75, 3.05) is 6.61 Å². The third-order valence-electron chi connectivity index (χ3n) is 2.20. The second-order valence-electron chi connectivity index (χ2n) is 3.23. The topological polar surface area (TPSA) is 55.0 Å². The highest BCUT2D eigenvalue weighted by Crippen LogP contribution is 2.21. The summed E-state index contributed by atoms with van der Waals surface area (Å²) in [7, 11) is 0. The highest BCUT2D eigenvalue weighted by molar-refractivity contribution is 5.96. The molecule has 1 aromatic heterocycles. The molecule has 2 aromatic rings. The van der Waals surface area contributed by atoms with Gasteiger partial charge in [0.1, 0.15) is 0 Å². The molecule has 0 saturated carbocycles. The molecule has 0 amide bonds. The minimum Gasteiger partial charge on any atom is -0.462 e. The van der Waals surface area contributed by atoms with Gasteiger partial charge in [-0.15, -0.1) is 0 Å². The number of aromatic amines is 1. The maximum atomic E-state index is 11.7. The second-order valence-corrected chi connectivity index (χ2v) is 3.23. The molecule has 4 nitrogen and oxygen atoms in total. The lowest BCUT2D eigenvalue weighted by Crippen LogP contribution is -2.06. The molecule has 4 heteroatoms. The lowest BCUT2D eigenvalue weighted by atomic mass is 10.1. The Balaban J connectivity index is 2.42. The molecule has 0 aliphatic heterocycles. The molecule has 82 valence electrons. The van der Waals surface area contributed by atoms with Crippen LogP contribution in [-0.4, -0.2) is 22.8 Å². The van der Waals surface area contributed by atoms with Crippen molar-refractivity contribution in [3.8, 4) is 11.3 Å². The lowest BCUT2D eigenvalue weighted by Gasteiger charge is -2.05. The molecule has 2 rings (SSSR count). The summed E-state index contributed by atoms with van der Waals surface area (Å²) in [6, 6.07) is 9.08. The molecule has 0 bridgehead atoms. The first-order valence-corrected chi connectivity index (χ1v) is 5.09. The van der Waals surface area contributed by atoms with Crippen LogP contribution in [0.4, 0.5) is 0 Å². The van der Waals surface area contributed by atoms with Crippen molar-refractivity contribution in [1.29, 1.82) is 0 Å². The molecule has 0 aliphatic rings. The normalized spacial score (nSPS) is 10.1. The maximum Gasteiger partial charge on any atom is 0.338 e. The summed E-state index contributed by atoms with van der Waals surface area (Å²) in [5.41, 5.74) is 2.06. The fourth-order valence-corrected chi connectivity index (χ4v) is 1.50. The Bertz CT molecular complexity index is 478. The summed E-state index contributed by atoms with van der Waals surface area (Å²) in [6.07, 6.45) is 1.72. The van der Waals surface area contributed by atoms with Crippen molar-refractivity contribution in [2.45, 2.75) is 6.92 Å². The minimum atomic E-state index is -0.318. The Morgan fingerprint density at radius 2 is 2.19 bits per heavy atom. The van der Waals surface area contributed by atoms with Crippen LogP contribution in [0.2, 0.25) is 0 Å². The summed E-state index contributed by atoms with van der Waals surface area (Å²) in [6.45, 7) is 2.16. The van der Waals surface area contributed by atoms with Gasteiger partial charge in [0.05, 0.1) is 17.9 Å². The zero-order valence-electron chi connectivity index (χ0n) is 8.93. The first-order valence-electron chi connectivity index (χ1n) is 5.09. The molecule has 1 heterocycles. The van der Waals surface area contributed by atoms with Crippen molar-refractivity contribution in [3.05, 3.63) is 42.1 Å². The fraction of sp³-hybridized carbons (Fsp3) is 0.167. The van der Waals surface area contributed by atoms with Crippen LogP contribution in [-0.2, 0) is 4.74 Å². The number of hydrogen-bond acceptors (Lipinski definition) is 3. The van der Waals surface area contributed by atoms with Gasteiger partial charge in [-0.05, 0) is 19.1 Å². The van der Waals surface area contributed by atoms with Gasteiger partial charge in [0, 0.05) is 11.8 Å². The average molecular weight is 216 g/mol.